The predicted octanol–water partition coefficient (Wildman–Crippen LogP) is -0.661. The first kappa shape index (κ1) is 14.0. The second-order valence-corrected chi connectivity index (χ2v) is 4.57. The monoisotopic (exact) mass is 272 g/mol. The summed E-state index contributed by atoms with van der Waals surface area (Å²) < 4.78 is 0. The maximum absolute atomic E-state index is 12.4. The van der Waals surface area contributed by atoms with Gasteiger partial charge in [0, 0.05) is 25.5 Å². The van der Waals surface area contributed by atoms with Crippen LogP contribution in [-0.2, 0) is 4.79 Å². The molecule has 2 rings (SSSR count). The fourth-order valence-electron chi connectivity index (χ4n) is 2.17. The molecule has 1 saturated heterocycles. The molecule has 104 valence electrons. The van der Waals surface area contributed by atoms with Crippen LogP contribution < -0.4 is 11.5 Å². The molecular formula is C14H16N4O2. The Morgan fingerprint density at radius 1 is 1.50 bits per heavy atom. The minimum atomic E-state index is -0.363. The zero-order valence-electron chi connectivity index (χ0n) is 11.0. The standard InChI is InChI=1S/C14H16N4O2/c15-5-1-2-10-8-17-6-3-12(10)14(20)18-7-4-11(9-18)13(16)19/h3,6,8,11H,4-5,7,9,15H2,(H2,16,19). The Balaban J connectivity index is 2.20. The topological polar surface area (TPSA) is 102 Å². The fraction of sp³-hybridized carbons (Fsp3) is 0.357. The third-order valence-electron chi connectivity index (χ3n) is 3.25. The molecular weight excluding hydrogens is 256 g/mol. The molecule has 1 atom stereocenters. The summed E-state index contributed by atoms with van der Waals surface area (Å²) in [6.07, 6.45) is 3.69. The average Bonchev–Trinajstić information content (AvgIpc) is 2.94. The zero-order chi connectivity index (χ0) is 14.5. The number of carbonyl (C=O) groups is 2. The average molecular weight is 272 g/mol. The molecule has 4 N–H and O–H groups in total. The van der Waals surface area contributed by atoms with Gasteiger partial charge in [0.2, 0.25) is 5.91 Å². The quantitative estimate of drug-likeness (QED) is 0.697. The maximum Gasteiger partial charge on any atom is 0.255 e. The Labute approximate surface area is 117 Å². The van der Waals surface area contributed by atoms with Crippen molar-refractivity contribution >= 4 is 11.8 Å². The van der Waals surface area contributed by atoms with Crippen molar-refractivity contribution in [2.45, 2.75) is 6.42 Å². The first-order chi connectivity index (χ1) is 9.63. The third-order valence-corrected chi connectivity index (χ3v) is 3.25. The summed E-state index contributed by atoms with van der Waals surface area (Å²) in [6, 6.07) is 1.63. The summed E-state index contributed by atoms with van der Waals surface area (Å²) in [7, 11) is 0. The number of primary amides is 1. The van der Waals surface area contributed by atoms with E-state index in [0.29, 0.717) is 30.6 Å². The fourth-order valence-corrected chi connectivity index (χ4v) is 2.17. The number of nitrogens with zero attached hydrogens (tertiary/aromatic N) is 2. The summed E-state index contributed by atoms with van der Waals surface area (Å²) in [6.45, 7) is 1.11. The normalized spacial score (nSPS) is 17.4. The van der Waals surface area contributed by atoms with Gasteiger partial charge in [-0.3, -0.25) is 14.6 Å². The van der Waals surface area contributed by atoms with Crippen LogP contribution in [0.4, 0.5) is 0 Å². The predicted molar refractivity (Wildman–Crippen MR) is 73.4 cm³/mol. The number of hydrogen-bond donors (Lipinski definition) is 2. The van der Waals surface area contributed by atoms with Crippen LogP contribution in [0.5, 0.6) is 0 Å². The molecule has 0 spiro atoms. The Morgan fingerprint density at radius 2 is 2.30 bits per heavy atom. The van der Waals surface area contributed by atoms with E-state index >= 15 is 0 Å². The molecule has 0 aliphatic carbocycles. The highest BCUT2D eigenvalue weighted by Gasteiger charge is 2.30. The van der Waals surface area contributed by atoms with Gasteiger partial charge in [-0.25, -0.2) is 0 Å². The summed E-state index contributed by atoms with van der Waals surface area (Å²) in [5, 5.41) is 0. The molecule has 0 bridgehead atoms. The van der Waals surface area contributed by atoms with Crippen LogP contribution in [0.25, 0.3) is 0 Å². The van der Waals surface area contributed by atoms with E-state index in [1.54, 1.807) is 17.2 Å². The second kappa shape index (κ2) is 6.17. The molecule has 0 radical (unpaired) electrons. The molecule has 1 aliphatic rings. The SMILES string of the molecule is NCC#Cc1cnccc1C(=O)N1CCC(C(N)=O)C1. The van der Waals surface area contributed by atoms with E-state index in [4.69, 9.17) is 11.5 Å². The maximum atomic E-state index is 12.4. The van der Waals surface area contributed by atoms with Crippen molar-refractivity contribution in [1.29, 1.82) is 0 Å². The van der Waals surface area contributed by atoms with Crippen molar-refractivity contribution < 1.29 is 9.59 Å². The highest BCUT2D eigenvalue weighted by molar-refractivity contribution is 5.97. The van der Waals surface area contributed by atoms with Gasteiger partial charge in [-0.2, -0.15) is 0 Å². The summed E-state index contributed by atoms with van der Waals surface area (Å²) in [5.74, 6) is 4.76. The van der Waals surface area contributed by atoms with Gasteiger partial charge in [0.1, 0.15) is 0 Å². The number of pyridine rings is 1. The van der Waals surface area contributed by atoms with Gasteiger partial charge in [-0.05, 0) is 12.5 Å². The van der Waals surface area contributed by atoms with Gasteiger partial charge in [0.15, 0.2) is 0 Å². The van der Waals surface area contributed by atoms with Crippen LogP contribution in [0.2, 0.25) is 0 Å². The first-order valence-corrected chi connectivity index (χ1v) is 6.35. The zero-order valence-corrected chi connectivity index (χ0v) is 11.0. The Bertz CT molecular complexity index is 588. The van der Waals surface area contributed by atoms with Crippen molar-refractivity contribution in [3.63, 3.8) is 0 Å². The van der Waals surface area contributed by atoms with E-state index in [2.05, 4.69) is 16.8 Å². The van der Waals surface area contributed by atoms with E-state index < -0.39 is 0 Å². The number of amides is 2. The van der Waals surface area contributed by atoms with Crippen molar-refractivity contribution in [3.8, 4) is 11.8 Å². The van der Waals surface area contributed by atoms with Gasteiger partial charge in [0.05, 0.1) is 23.6 Å². The minimum Gasteiger partial charge on any atom is -0.369 e. The van der Waals surface area contributed by atoms with Crippen molar-refractivity contribution in [2.24, 2.45) is 17.4 Å². The summed E-state index contributed by atoms with van der Waals surface area (Å²) in [5.41, 5.74) is 11.6. The lowest BCUT2D eigenvalue weighted by Crippen LogP contribution is -2.32. The molecule has 0 aromatic carbocycles. The van der Waals surface area contributed by atoms with E-state index in [1.165, 1.54) is 6.20 Å². The number of rotatable bonds is 2. The molecule has 6 nitrogen and oxygen atoms in total. The van der Waals surface area contributed by atoms with E-state index in [1.807, 2.05) is 0 Å². The highest BCUT2D eigenvalue weighted by Crippen LogP contribution is 2.19. The summed E-state index contributed by atoms with van der Waals surface area (Å²) in [4.78, 5) is 29.2. The lowest BCUT2D eigenvalue weighted by atomic mass is 10.1. The van der Waals surface area contributed by atoms with E-state index in [-0.39, 0.29) is 24.3 Å². The molecule has 2 amide bonds. The molecule has 1 aliphatic heterocycles. The molecule has 1 unspecified atom stereocenters. The van der Waals surface area contributed by atoms with E-state index in [9.17, 15) is 9.59 Å². The third kappa shape index (κ3) is 2.95. The van der Waals surface area contributed by atoms with Crippen LogP contribution >= 0.6 is 0 Å². The molecule has 1 aromatic heterocycles. The molecule has 1 aromatic rings. The number of carbonyl (C=O) groups excluding carboxylic acids is 2. The Kier molecular flexibility index (Phi) is 4.33. The molecule has 6 heteroatoms. The minimum absolute atomic E-state index is 0.155. The molecule has 2 heterocycles. The van der Waals surface area contributed by atoms with Gasteiger partial charge in [0.25, 0.3) is 5.91 Å². The summed E-state index contributed by atoms with van der Waals surface area (Å²) >= 11 is 0. The lowest BCUT2D eigenvalue weighted by Gasteiger charge is -2.16. The first-order valence-electron chi connectivity index (χ1n) is 6.35. The van der Waals surface area contributed by atoms with E-state index in [0.717, 1.165) is 0 Å². The smallest absolute Gasteiger partial charge is 0.255 e. The molecule has 20 heavy (non-hydrogen) atoms. The molecule has 1 fully saturated rings. The van der Waals surface area contributed by atoms with Crippen LogP contribution in [-0.4, -0.2) is 41.3 Å². The van der Waals surface area contributed by atoms with Crippen LogP contribution in [0.3, 0.4) is 0 Å². The van der Waals surface area contributed by atoms with Crippen LogP contribution in [0.15, 0.2) is 18.5 Å². The van der Waals surface area contributed by atoms with Crippen LogP contribution in [0, 0.1) is 17.8 Å². The van der Waals surface area contributed by atoms with Crippen LogP contribution in [0.1, 0.15) is 22.3 Å². The number of hydrogen-bond acceptors (Lipinski definition) is 4. The molecule has 0 saturated carbocycles. The van der Waals surface area contributed by atoms with Crippen molar-refractivity contribution in [3.05, 3.63) is 29.6 Å². The van der Waals surface area contributed by atoms with Gasteiger partial charge in [-0.15, -0.1) is 0 Å². The van der Waals surface area contributed by atoms with Gasteiger partial charge >= 0.3 is 0 Å². The lowest BCUT2D eigenvalue weighted by molar-refractivity contribution is -0.121. The Morgan fingerprint density at radius 3 is 2.95 bits per heavy atom. The highest BCUT2D eigenvalue weighted by atomic mass is 16.2. The Hall–Kier alpha value is -2.39. The van der Waals surface area contributed by atoms with Crippen molar-refractivity contribution in [1.82, 2.24) is 9.88 Å². The number of likely N-dealkylation sites (tertiary alicyclic amines) is 1. The van der Waals surface area contributed by atoms with Gasteiger partial charge < -0.3 is 16.4 Å². The van der Waals surface area contributed by atoms with Gasteiger partial charge in [-0.1, -0.05) is 11.8 Å². The number of nitrogens with two attached hydrogens (primary N) is 2. The largest absolute Gasteiger partial charge is 0.369 e. The number of aromatic nitrogens is 1. The second-order valence-electron chi connectivity index (χ2n) is 4.57. The van der Waals surface area contributed by atoms with Crippen molar-refractivity contribution in [2.75, 3.05) is 19.6 Å².